The van der Waals surface area contributed by atoms with E-state index in [1.165, 1.54) is 12.5 Å². The van der Waals surface area contributed by atoms with Crippen LogP contribution in [0.15, 0.2) is 24.7 Å². The molecule has 0 spiro atoms. The third kappa shape index (κ3) is 3.60. The van der Waals surface area contributed by atoms with Gasteiger partial charge < -0.3 is 26.5 Å². The standard InChI is InChI=1S/C16H21N7O/c17-6-12-7-19-14(4-13(12)18)22-15-5-16(21-10-20-15)23-3-1-2-11(8-23)9-24/h4-7,10-11,17,24H,1-3,8-9H2,(H3,18,19,20,21,22)/t11-/m1/s1. The van der Waals surface area contributed by atoms with E-state index >= 15 is 0 Å². The van der Waals surface area contributed by atoms with E-state index < -0.39 is 0 Å². The highest BCUT2D eigenvalue weighted by Crippen LogP contribution is 2.24. The van der Waals surface area contributed by atoms with Crippen molar-refractivity contribution in [1.82, 2.24) is 15.0 Å². The number of hydrogen-bond donors (Lipinski definition) is 4. The molecule has 0 saturated carbocycles. The first-order valence-corrected chi connectivity index (χ1v) is 7.90. The second-order valence-corrected chi connectivity index (χ2v) is 5.87. The van der Waals surface area contributed by atoms with Crippen LogP contribution in [0, 0.1) is 11.3 Å². The minimum atomic E-state index is 0.204. The van der Waals surface area contributed by atoms with Crippen molar-refractivity contribution >= 4 is 29.4 Å². The Labute approximate surface area is 140 Å². The molecule has 0 bridgehead atoms. The normalized spacial score (nSPS) is 17.5. The highest BCUT2D eigenvalue weighted by Gasteiger charge is 2.20. The van der Waals surface area contributed by atoms with Gasteiger partial charge >= 0.3 is 0 Å². The van der Waals surface area contributed by atoms with Crippen LogP contribution in [0.4, 0.5) is 23.1 Å². The monoisotopic (exact) mass is 327 g/mol. The largest absolute Gasteiger partial charge is 0.398 e. The fourth-order valence-corrected chi connectivity index (χ4v) is 2.81. The fraction of sp³-hybridized carbons (Fsp3) is 0.375. The lowest BCUT2D eigenvalue weighted by atomic mass is 9.99. The van der Waals surface area contributed by atoms with Crippen LogP contribution in [0.1, 0.15) is 18.4 Å². The predicted octanol–water partition coefficient (Wildman–Crippen LogP) is 1.40. The number of hydrogen-bond acceptors (Lipinski definition) is 8. The molecule has 2 aromatic heterocycles. The van der Waals surface area contributed by atoms with E-state index in [0.717, 1.165) is 31.7 Å². The highest BCUT2D eigenvalue weighted by molar-refractivity contribution is 5.85. The molecule has 1 aliphatic heterocycles. The second kappa shape index (κ2) is 7.22. The molecule has 1 saturated heterocycles. The summed E-state index contributed by atoms with van der Waals surface area (Å²) in [5.74, 6) is 2.31. The molecule has 8 heteroatoms. The highest BCUT2D eigenvalue weighted by atomic mass is 16.3. The van der Waals surface area contributed by atoms with E-state index in [2.05, 4.69) is 25.2 Å². The third-order valence-electron chi connectivity index (χ3n) is 4.13. The van der Waals surface area contributed by atoms with Gasteiger partial charge in [0.2, 0.25) is 0 Å². The summed E-state index contributed by atoms with van der Waals surface area (Å²) in [4.78, 5) is 14.9. The number of anilines is 4. The van der Waals surface area contributed by atoms with Crippen LogP contribution in [-0.2, 0) is 0 Å². The molecule has 8 nitrogen and oxygen atoms in total. The molecule has 0 aromatic carbocycles. The molecule has 0 amide bonds. The van der Waals surface area contributed by atoms with E-state index in [4.69, 9.17) is 11.1 Å². The molecule has 0 unspecified atom stereocenters. The molecule has 3 rings (SSSR count). The number of nitrogens with two attached hydrogens (primary N) is 1. The molecule has 1 atom stereocenters. The van der Waals surface area contributed by atoms with Gasteiger partial charge in [0.15, 0.2) is 0 Å². The molecule has 1 fully saturated rings. The zero-order valence-electron chi connectivity index (χ0n) is 13.3. The van der Waals surface area contributed by atoms with Gasteiger partial charge in [0.1, 0.15) is 23.8 Å². The minimum absolute atomic E-state index is 0.204. The first-order chi connectivity index (χ1) is 11.7. The Morgan fingerprint density at radius 1 is 1.33 bits per heavy atom. The van der Waals surface area contributed by atoms with Crippen molar-refractivity contribution in [2.24, 2.45) is 5.92 Å². The maximum absolute atomic E-state index is 9.37. The van der Waals surface area contributed by atoms with Crippen molar-refractivity contribution in [2.45, 2.75) is 12.8 Å². The van der Waals surface area contributed by atoms with Gasteiger partial charge in [-0.05, 0) is 18.8 Å². The summed E-state index contributed by atoms with van der Waals surface area (Å²) < 4.78 is 0. The lowest BCUT2D eigenvalue weighted by molar-refractivity contribution is 0.208. The summed E-state index contributed by atoms with van der Waals surface area (Å²) >= 11 is 0. The first kappa shape index (κ1) is 16.1. The fourth-order valence-electron chi connectivity index (χ4n) is 2.81. The van der Waals surface area contributed by atoms with Crippen molar-refractivity contribution in [1.29, 1.82) is 5.41 Å². The summed E-state index contributed by atoms with van der Waals surface area (Å²) in [6, 6.07) is 3.53. The molecule has 24 heavy (non-hydrogen) atoms. The number of nitrogens with zero attached hydrogens (tertiary/aromatic N) is 4. The molecule has 1 aliphatic rings. The molecule has 3 heterocycles. The molecular weight excluding hydrogens is 306 g/mol. The predicted molar refractivity (Wildman–Crippen MR) is 93.9 cm³/mol. The van der Waals surface area contributed by atoms with Gasteiger partial charge in [0.25, 0.3) is 0 Å². The Kier molecular flexibility index (Phi) is 4.85. The maximum atomic E-state index is 9.37. The smallest absolute Gasteiger partial charge is 0.137 e. The van der Waals surface area contributed by atoms with Gasteiger partial charge in [0, 0.05) is 55.5 Å². The Balaban J connectivity index is 1.75. The molecule has 0 aliphatic carbocycles. The summed E-state index contributed by atoms with van der Waals surface area (Å²) in [6.45, 7) is 1.92. The third-order valence-corrected chi connectivity index (χ3v) is 4.13. The average molecular weight is 327 g/mol. The van der Waals surface area contributed by atoms with Crippen LogP contribution in [0.2, 0.25) is 0 Å². The summed E-state index contributed by atoms with van der Waals surface area (Å²) in [5, 5.41) is 19.7. The molecule has 126 valence electrons. The Morgan fingerprint density at radius 2 is 2.17 bits per heavy atom. The first-order valence-electron chi connectivity index (χ1n) is 7.90. The number of piperidine rings is 1. The summed E-state index contributed by atoms with van der Waals surface area (Å²) in [5.41, 5.74) is 6.93. The van der Waals surface area contributed by atoms with Crippen molar-refractivity contribution in [3.8, 4) is 0 Å². The van der Waals surface area contributed by atoms with Crippen molar-refractivity contribution < 1.29 is 5.11 Å². The molecule has 5 N–H and O–H groups in total. The van der Waals surface area contributed by atoms with Gasteiger partial charge in [0.05, 0.1) is 0 Å². The Bertz CT molecular complexity index is 721. The number of pyridine rings is 1. The zero-order chi connectivity index (χ0) is 16.9. The topological polar surface area (TPSA) is 124 Å². The van der Waals surface area contributed by atoms with E-state index in [9.17, 15) is 5.11 Å². The maximum Gasteiger partial charge on any atom is 0.137 e. The molecule has 0 radical (unpaired) electrons. The van der Waals surface area contributed by atoms with E-state index in [1.807, 2.05) is 6.07 Å². The molecular formula is C16H21N7O. The van der Waals surface area contributed by atoms with Gasteiger partial charge in [-0.1, -0.05) is 0 Å². The van der Waals surface area contributed by atoms with Crippen molar-refractivity contribution in [3.05, 3.63) is 30.2 Å². The second-order valence-electron chi connectivity index (χ2n) is 5.87. The Morgan fingerprint density at radius 3 is 2.92 bits per heavy atom. The summed E-state index contributed by atoms with van der Waals surface area (Å²) in [7, 11) is 0. The van der Waals surface area contributed by atoms with Gasteiger partial charge in [-0.3, -0.25) is 0 Å². The van der Waals surface area contributed by atoms with E-state index in [0.29, 0.717) is 28.8 Å². The lowest BCUT2D eigenvalue weighted by Crippen LogP contribution is -2.37. The number of nitrogens with one attached hydrogen (secondary N) is 2. The van der Waals surface area contributed by atoms with Crippen LogP contribution in [-0.4, -0.2) is 46.0 Å². The van der Waals surface area contributed by atoms with Crippen molar-refractivity contribution in [3.63, 3.8) is 0 Å². The van der Waals surface area contributed by atoms with Crippen LogP contribution < -0.4 is 16.0 Å². The average Bonchev–Trinajstić information content (AvgIpc) is 2.62. The Hall–Kier alpha value is -2.74. The van der Waals surface area contributed by atoms with Gasteiger partial charge in [-0.25, -0.2) is 15.0 Å². The van der Waals surface area contributed by atoms with Crippen LogP contribution >= 0.6 is 0 Å². The van der Waals surface area contributed by atoms with E-state index in [-0.39, 0.29) is 6.61 Å². The van der Waals surface area contributed by atoms with Gasteiger partial charge in [-0.2, -0.15) is 0 Å². The SMILES string of the molecule is N=Cc1cnc(Nc2cc(N3CCC[C@@H](CO)C3)ncn2)cc1N. The number of aromatic nitrogens is 3. The minimum Gasteiger partial charge on any atom is -0.398 e. The summed E-state index contributed by atoms with van der Waals surface area (Å²) in [6.07, 6.45) is 6.31. The number of aliphatic hydroxyl groups is 1. The van der Waals surface area contributed by atoms with Gasteiger partial charge in [-0.15, -0.1) is 0 Å². The number of aliphatic hydroxyl groups excluding tert-OH is 1. The number of nitrogen functional groups attached to an aromatic ring is 1. The van der Waals surface area contributed by atoms with Crippen LogP contribution in [0.25, 0.3) is 0 Å². The number of rotatable bonds is 5. The molecule has 2 aromatic rings. The van der Waals surface area contributed by atoms with Crippen LogP contribution in [0.3, 0.4) is 0 Å². The quantitative estimate of drug-likeness (QED) is 0.612. The lowest BCUT2D eigenvalue weighted by Gasteiger charge is -2.32. The van der Waals surface area contributed by atoms with E-state index in [1.54, 1.807) is 12.3 Å². The van der Waals surface area contributed by atoms with Crippen molar-refractivity contribution in [2.75, 3.05) is 35.6 Å². The van der Waals surface area contributed by atoms with Crippen LogP contribution in [0.5, 0.6) is 0 Å². The zero-order valence-corrected chi connectivity index (χ0v) is 13.3.